The molecule has 0 aliphatic rings. The summed E-state index contributed by atoms with van der Waals surface area (Å²) in [5.74, 6) is 0.429. The second kappa shape index (κ2) is 5.16. The minimum atomic E-state index is -4.34. The molecule has 1 heterocycles. The lowest BCUT2D eigenvalue weighted by atomic mass is 9.81. The second-order valence-electron chi connectivity index (χ2n) is 6.39. The zero-order valence-electron chi connectivity index (χ0n) is 12.5. The van der Waals surface area contributed by atoms with Crippen LogP contribution in [0.2, 0.25) is 0 Å². The maximum Gasteiger partial charge on any atom is 0.416 e. The van der Waals surface area contributed by atoms with Gasteiger partial charge in [0.25, 0.3) is 0 Å². The quantitative estimate of drug-likeness (QED) is 0.752. The summed E-state index contributed by atoms with van der Waals surface area (Å²) < 4.78 is 40.6. The number of halogens is 3. The molecule has 2 rings (SSSR count). The molecule has 1 aromatic carbocycles. The Morgan fingerprint density at radius 2 is 1.86 bits per heavy atom. The van der Waals surface area contributed by atoms with Crippen LogP contribution in [0.5, 0.6) is 0 Å². The van der Waals surface area contributed by atoms with E-state index in [4.69, 9.17) is 12.2 Å². The van der Waals surface area contributed by atoms with Crippen LogP contribution < -0.4 is 0 Å². The average molecular weight is 316 g/mol. The number of hydrogen-bond acceptors (Lipinski definition) is 1. The third-order valence-corrected chi connectivity index (χ3v) is 4.55. The minimum Gasteiger partial charge on any atom is -0.331 e. The Kier molecular flexibility index (Phi) is 3.95. The van der Waals surface area contributed by atoms with Crippen LogP contribution in [0, 0.1) is 16.1 Å². The molecule has 0 amide bonds. The van der Waals surface area contributed by atoms with Crippen molar-refractivity contribution in [2.45, 2.75) is 40.4 Å². The van der Waals surface area contributed by atoms with Crippen molar-refractivity contribution >= 4 is 23.3 Å². The predicted molar refractivity (Wildman–Crippen MR) is 80.7 cm³/mol. The van der Waals surface area contributed by atoms with Crippen LogP contribution in [-0.4, -0.2) is 9.55 Å². The van der Waals surface area contributed by atoms with Crippen molar-refractivity contribution in [3.8, 4) is 0 Å². The van der Waals surface area contributed by atoms with Gasteiger partial charge in [0.05, 0.1) is 16.6 Å². The number of imidazole rings is 1. The van der Waals surface area contributed by atoms with Crippen LogP contribution >= 0.6 is 12.2 Å². The molecule has 116 valence electrons. The number of fused-ring (bicyclic) bond motifs is 1. The first kappa shape index (κ1) is 16.1. The van der Waals surface area contributed by atoms with Gasteiger partial charge in [0.15, 0.2) is 4.77 Å². The lowest BCUT2D eigenvalue weighted by Crippen LogP contribution is -2.25. The molecule has 0 bridgehead atoms. The van der Waals surface area contributed by atoms with E-state index in [1.54, 1.807) is 0 Å². The molecular formula is C15H19F3N2S. The molecule has 21 heavy (non-hydrogen) atoms. The highest BCUT2D eigenvalue weighted by Gasteiger charge is 2.31. The first-order valence-electron chi connectivity index (χ1n) is 6.82. The highest BCUT2D eigenvalue weighted by Crippen LogP contribution is 2.33. The average Bonchev–Trinajstić information content (AvgIpc) is 2.63. The third-order valence-electron chi connectivity index (χ3n) is 4.23. The summed E-state index contributed by atoms with van der Waals surface area (Å²) in [6, 6.07) is 3.70. The lowest BCUT2D eigenvalue weighted by molar-refractivity contribution is -0.137. The summed E-state index contributed by atoms with van der Waals surface area (Å²) in [7, 11) is 0. The van der Waals surface area contributed by atoms with Crippen molar-refractivity contribution in [2.24, 2.45) is 11.3 Å². The van der Waals surface area contributed by atoms with Crippen molar-refractivity contribution in [1.82, 2.24) is 9.55 Å². The topological polar surface area (TPSA) is 20.7 Å². The fraction of sp³-hybridized carbons (Fsp3) is 0.533. The molecule has 1 N–H and O–H groups in total. The van der Waals surface area contributed by atoms with Gasteiger partial charge in [-0.25, -0.2) is 0 Å². The molecule has 0 radical (unpaired) electrons. The Morgan fingerprint density at radius 1 is 1.24 bits per heavy atom. The Hall–Kier alpha value is -1.30. The number of benzene rings is 1. The van der Waals surface area contributed by atoms with E-state index in [0.29, 0.717) is 28.3 Å². The molecule has 2 nitrogen and oxygen atoms in total. The van der Waals surface area contributed by atoms with Gasteiger partial charge in [0.1, 0.15) is 0 Å². The fourth-order valence-corrected chi connectivity index (χ4v) is 2.36. The van der Waals surface area contributed by atoms with Crippen LogP contribution in [0.1, 0.15) is 33.3 Å². The van der Waals surface area contributed by atoms with E-state index in [1.807, 2.05) is 4.57 Å². The molecule has 0 spiro atoms. The normalized spacial score (nSPS) is 13.3. The summed E-state index contributed by atoms with van der Waals surface area (Å²) in [6.07, 6.45) is -4.34. The van der Waals surface area contributed by atoms with E-state index in [0.717, 1.165) is 12.1 Å². The number of nitrogens with zero attached hydrogens (tertiary/aromatic N) is 1. The van der Waals surface area contributed by atoms with Crippen molar-refractivity contribution in [2.75, 3.05) is 0 Å². The van der Waals surface area contributed by atoms with Gasteiger partial charge in [-0.1, -0.05) is 27.7 Å². The number of hydrogen-bond donors (Lipinski definition) is 1. The molecule has 0 saturated carbocycles. The minimum absolute atomic E-state index is 0.00392. The maximum atomic E-state index is 12.8. The highest BCUT2D eigenvalue weighted by molar-refractivity contribution is 7.71. The fourth-order valence-electron chi connectivity index (χ4n) is 2.09. The first-order chi connectivity index (χ1) is 9.52. The molecule has 6 heteroatoms. The summed E-state index contributed by atoms with van der Waals surface area (Å²) >= 11 is 5.27. The van der Waals surface area contributed by atoms with Gasteiger partial charge in [-0.05, 0) is 41.7 Å². The molecular weight excluding hydrogens is 297 g/mol. The Labute approximate surface area is 127 Å². The number of alkyl halides is 3. The first-order valence-corrected chi connectivity index (χ1v) is 7.23. The summed E-state index contributed by atoms with van der Waals surface area (Å²) in [6.45, 7) is 9.17. The van der Waals surface area contributed by atoms with Gasteiger partial charge in [-0.2, -0.15) is 13.2 Å². The Morgan fingerprint density at radius 3 is 2.38 bits per heavy atom. The summed E-state index contributed by atoms with van der Waals surface area (Å²) in [4.78, 5) is 2.88. The molecule has 0 aliphatic carbocycles. The SMILES string of the molecule is CC(C)C(C)(C)Cn1c(=S)[nH]c2cc(C(F)(F)F)ccc21. The smallest absolute Gasteiger partial charge is 0.331 e. The van der Waals surface area contributed by atoms with E-state index in [2.05, 4.69) is 32.7 Å². The van der Waals surface area contributed by atoms with E-state index >= 15 is 0 Å². The number of aromatic amines is 1. The monoisotopic (exact) mass is 316 g/mol. The highest BCUT2D eigenvalue weighted by atomic mass is 32.1. The van der Waals surface area contributed by atoms with Gasteiger partial charge in [-0.15, -0.1) is 0 Å². The molecule has 0 unspecified atom stereocenters. The molecule has 1 aromatic heterocycles. The zero-order chi connectivity index (χ0) is 16.0. The standard InChI is InChI=1S/C15H19F3N2S/c1-9(2)14(3,4)8-20-12-6-5-10(15(16,17)18)7-11(12)19-13(20)21/h5-7,9H,8H2,1-4H3,(H,19,21). The van der Waals surface area contributed by atoms with Gasteiger partial charge in [0, 0.05) is 6.54 Å². The maximum absolute atomic E-state index is 12.8. The second-order valence-corrected chi connectivity index (χ2v) is 6.78. The molecule has 0 saturated heterocycles. The van der Waals surface area contributed by atoms with Gasteiger partial charge >= 0.3 is 6.18 Å². The number of H-pyrrole nitrogens is 1. The van der Waals surface area contributed by atoms with Crippen molar-refractivity contribution < 1.29 is 13.2 Å². The van der Waals surface area contributed by atoms with Crippen LogP contribution in [-0.2, 0) is 12.7 Å². The van der Waals surface area contributed by atoms with Crippen molar-refractivity contribution in [1.29, 1.82) is 0 Å². The van der Waals surface area contributed by atoms with Gasteiger partial charge in [-0.3, -0.25) is 0 Å². The third kappa shape index (κ3) is 3.15. The summed E-state index contributed by atoms with van der Waals surface area (Å²) in [5.41, 5.74) is 0.466. The van der Waals surface area contributed by atoms with Crippen molar-refractivity contribution in [3.05, 3.63) is 28.5 Å². The largest absolute Gasteiger partial charge is 0.416 e. The zero-order valence-corrected chi connectivity index (χ0v) is 13.3. The Bertz CT molecular complexity index is 708. The number of aromatic nitrogens is 2. The van der Waals surface area contributed by atoms with E-state index in [-0.39, 0.29) is 5.41 Å². The van der Waals surface area contributed by atoms with Gasteiger partial charge < -0.3 is 9.55 Å². The number of nitrogens with one attached hydrogen (secondary N) is 1. The van der Waals surface area contributed by atoms with Crippen LogP contribution in [0.4, 0.5) is 13.2 Å². The molecule has 2 aromatic rings. The molecule has 0 atom stereocenters. The Balaban J connectivity index is 2.52. The van der Waals surface area contributed by atoms with E-state index < -0.39 is 11.7 Å². The van der Waals surface area contributed by atoms with Crippen molar-refractivity contribution in [3.63, 3.8) is 0 Å². The molecule has 0 fully saturated rings. The lowest BCUT2D eigenvalue weighted by Gasteiger charge is -2.29. The van der Waals surface area contributed by atoms with Crippen LogP contribution in [0.15, 0.2) is 18.2 Å². The van der Waals surface area contributed by atoms with E-state index in [1.165, 1.54) is 6.07 Å². The molecule has 0 aliphatic heterocycles. The van der Waals surface area contributed by atoms with E-state index in [9.17, 15) is 13.2 Å². The predicted octanol–water partition coefficient (Wildman–Crippen LogP) is 5.40. The van der Waals surface area contributed by atoms with Gasteiger partial charge in [0.2, 0.25) is 0 Å². The van der Waals surface area contributed by atoms with Crippen LogP contribution in [0.25, 0.3) is 11.0 Å². The number of rotatable bonds is 3. The van der Waals surface area contributed by atoms with Crippen LogP contribution in [0.3, 0.4) is 0 Å². The summed E-state index contributed by atoms with van der Waals surface area (Å²) in [5, 5.41) is 0.